The fourth-order valence-corrected chi connectivity index (χ4v) is 6.80. The van der Waals surface area contributed by atoms with Crippen molar-refractivity contribution < 1.29 is 13.2 Å². The first-order valence-corrected chi connectivity index (χ1v) is 13.5. The lowest BCUT2D eigenvalue weighted by molar-refractivity contribution is 0.100. The van der Waals surface area contributed by atoms with E-state index in [9.17, 15) is 13.2 Å². The van der Waals surface area contributed by atoms with E-state index < -0.39 is 15.9 Å². The van der Waals surface area contributed by atoms with E-state index in [0.29, 0.717) is 27.6 Å². The number of carbonyl (C=O) groups is 1. The van der Waals surface area contributed by atoms with E-state index in [1.165, 1.54) is 11.8 Å². The zero-order chi connectivity index (χ0) is 23.6. The maximum atomic E-state index is 12.8. The average Bonchev–Trinajstić information content (AvgIpc) is 3.19. The number of imidazole rings is 1. The average molecular weight is 486 g/mol. The predicted octanol–water partition coefficient (Wildman–Crippen LogP) is 3.82. The van der Waals surface area contributed by atoms with Crippen LogP contribution in [-0.2, 0) is 10.0 Å². The number of fused-ring (bicyclic) bond motifs is 1. The summed E-state index contributed by atoms with van der Waals surface area (Å²) in [5.74, 6) is 0.186. The van der Waals surface area contributed by atoms with Gasteiger partial charge in [-0.1, -0.05) is 12.1 Å². The fraction of sp³-hybridized carbons (Fsp3) is 0.348. The van der Waals surface area contributed by atoms with Gasteiger partial charge < -0.3 is 10.3 Å². The Kier molecular flexibility index (Phi) is 6.87. The standard InChI is InChI=1S/C23H27N5O3S2/c1-3-21(32-2)33(30,31)27-16-7-6-8-17(14-16)28-20-11-10-15(22(24)29)13-19(20)26-23(28)18-9-4-5-12-25-18/h3-5,9-13,16-17,27H,6-8,14H2,1-2H3,(H2,24,29)/b21-3+. The molecule has 8 nitrogen and oxygen atoms in total. The van der Waals surface area contributed by atoms with Crippen LogP contribution in [0.15, 0.2) is 52.9 Å². The number of hydrogen-bond acceptors (Lipinski definition) is 6. The van der Waals surface area contributed by atoms with E-state index in [2.05, 4.69) is 14.3 Å². The Morgan fingerprint density at radius 2 is 2.09 bits per heavy atom. The van der Waals surface area contributed by atoms with Crippen LogP contribution < -0.4 is 10.5 Å². The Morgan fingerprint density at radius 1 is 1.27 bits per heavy atom. The molecule has 2 unspecified atom stereocenters. The summed E-state index contributed by atoms with van der Waals surface area (Å²) in [5, 5.41) is 0. The molecular weight excluding hydrogens is 458 g/mol. The summed E-state index contributed by atoms with van der Waals surface area (Å²) in [6, 6.07) is 10.7. The number of carbonyl (C=O) groups excluding carboxylic acids is 1. The molecule has 1 fully saturated rings. The molecule has 2 atom stereocenters. The van der Waals surface area contributed by atoms with Crippen molar-refractivity contribution in [1.29, 1.82) is 0 Å². The molecule has 0 saturated heterocycles. The number of primary amides is 1. The molecular formula is C23H27N5O3S2. The summed E-state index contributed by atoms with van der Waals surface area (Å²) in [4.78, 5) is 21.0. The molecule has 3 N–H and O–H groups in total. The van der Waals surface area contributed by atoms with Gasteiger partial charge in [-0.05, 0) is 69.2 Å². The Bertz CT molecular complexity index is 1300. The number of rotatable bonds is 7. The fourth-order valence-electron chi connectivity index (χ4n) is 4.46. The third-order valence-corrected chi connectivity index (χ3v) is 9.11. The molecule has 2 heterocycles. The van der Waals surface area contributed by atoms with Gasteiger partial charge in [0, 0.05) is 23.8 Å². The van der Waals surface area contributed by atoms with Gasteiger partial charge in [-0.25, -0.2) is 18.1 Å². The number of amides is 1. The van der Waals surface area contributed by atoms with Crippen molar-refractivity contribution in [2.45, 2.75) is 44.7 Å². The second-order valence-corrected chi connectivity index (χ2v) is 10.8. The molecule has 1 aliphatic carbocycles. The lowest BCUT2D eigenvalue weighted by atomic mass is 9.91. The number of nitrogens with one attached hydrogen (secondary N) is 1. The zero-order valence-electron chi connectivity index (χ0n) is 18.6. The number of aromatic nitrogens is 3. The molecule has 1 aromatic carbocycles. The minimum atomic E-state index is -3.55. The quantitative estimate of drug-likeness (QED) is 0.525. The molecule has 4 rings (SSSR count). The largest absolute Gasteiger partial charge is 0.366 e. The Balaban J connectivity index is 1.74. The van der Waals surface area contributed by atoms with Crippen LogP contribution in [0.4, 0.5) is 0 Å². The molecule has 1 aliphatic rings. The maximum Gasteiger partial charge on any atom is 0.248 e. The van der Waals surface area contributed by atoms with Crippen LogP contribution in [-0.4, -0.2) is 41.2 Å². The molecule has 1 amide bonds. The van der Waals surface area contributed by atoms with Gasteiger partial charge in [-0.3, -0.25) is 9.78 Å². The lowest BCUT2D eigenvalue weighted by Gasteiger charge is -2.32. The highest BCUT2D eigenvalue weighted by molar-refractivity contribution is 8.17. The number of benzene rings is 1. The molecule has 3 aromatic rings. The second-order valence-electron chi connectivity index (χ2n) is 8.04. The van der Waals surface area contributed by atoms with Crippen LogP contribution in [0.2, 0.25) is 0 Å². The third-order valence-electron chi connectivity index (χ3n) is 5.90. The van der Waals surface area contributed by atoms with Gasteiger partial charge in [-0.15, -0.1) is 11.8 Å². The van der Waals surface area contributed by atoms with Crippen molar-refractivity contribution >= 4 is 38.7 Å². The van der Waals surface area contributed by atoms with E-state index in [-0.39, 0.29) is 12.1 Å². The van der Waals surface area contributed by atoms with Crippen LogP contribution in [0.3, 0.4) is 0 Å². The molecule has 10 heteroatoms. The number of sulfonamides is 1. The first-order valence-electron chi connectivity index (χ1n) is 10.8. The highest BCUT2D eigenvalue weighted by Gasteiger charge is 2.30. The zero-order valence-corrected chi connectivity index (χ0v) is 20.2. The van der Waals surface area contributed by atoms with E-state index >= 15 is 0 Å². The summed E-state index contributed by atoms with van der Waals surface area (Å²) in [6.07, 6.45) is 8.27. The molecule has 0 radical (unpaired) electrons. The molecule has 0 aliphatic heterocycles. The third kappa shape index (κ3) is 4.83. The number of allylic oxidation sites excluding steroid dienone is 1. The summed E-state index contributed by atoms with van der Waals surface area (Å²) in [5.41, 5.74) is 8.11. The minimum Gasteiger partial charge on any atom is -0.366 e. The van der Waals surface area contributed by atoms with E-state index in [4.69, 9.17) is 10.7 Å². The van der Waals surface area contributed by atoms with Crippen LogP contribution in [0.1, 0.15) is 49.0 Å². The van der Waals surface area contributed by atoms with Crippen molar-refractivity contribution in [3.05, 3.63) is 58.5 Å². The molecule has 174 valence electrons. The highest BCUT2D eigenvalue weighted by atomic mass is 32.3. The number of nitrogens with two attached hydrogens (primary N) is 1. The summed E-state index contributed by atoms with van der Waals surface area (Å²) < 4.78 is 30.9. The maximum absolute atomic E-state index is 12.8. The Labute approximate surface area is 197 Å². The van der Waals surface area contributed by atoms with Gasteiger partial charge in [0.15, 0.2) is 5.82 Å². The number of pyridine rings is 1. The van der Waals surface area contributed by atoms with Crippen molar-refractivity contribution in [2.75, 3.05) is 6.26 Å². The van der Waals surface area contributed by atoms with Gasteiger partial charge in [0.25, 0.3) is 0 Å². The van der Waals surface area contributed by atoms with E-state index in [1.54, 1.807) is 37.6 Å². The summed E-state index contributed by atoms with van der Waals surface area (Å²) in [7, 11) is -3.55. The van der Waals surface area contributed by atoms with E-state index in [1.807, 2.05) is 24.3 Å². The highest BCUT2D eigenvalue weighted by Crippen LogP contribution is 2.36. The van der Waals surface area contributed by atoms with Gasteiger partial charge in [0.1, 0.15) is 9.93 Å². The number of hydrogen-bond donors (Lipinski definition) is 2. The first-order chi connectivity index (χ1) is 15.8. The van der Waals surface area contributed by atoms with Crippen LogP contribution in [0.25, 0.3) is 22.6 Å². The molecule has 0 bridgehead atoms. The summed E-state index contributed by atoms with van der Waals surface area (Å²) >= 11 is 1.22. The van der Waals surface area contributed by atoms with Crippen LogP contribution >= 0.6 is 11.8 Å². The first kappa shape index (κ1) is 23.5. The minimum absolute atomic E-state index is 0.0243. The Hall–Kier alpha value is -2.69. The normalized spacial score (nSPS) is 19.6. The molecule has 2 aromatic heterocycles. The van der Waals surface area contributed by atoms with Crippen LogP contribution in [0, 0.1) is 0 Å². The topological polar surface area (TPSA) is 120 Å². The smallest absolute Gasteiger partial charge is 0.248 e. The van der Waals surface area contributed by atoms with Crippen molar-refractivity contribution in [1.82, 2.24) is 19.3 Å². The molecule has 33 heavy (non-hydrogen) atoms. The summed E-state index contributed by atoms with van der Waals surface area (Å²) in [6.45, 7) is 1.73. The second kappa shape index (κ2) is 9.66. The van der Waals surface area contributed by atoms with E-state index in [0.717, 1.165) is 30.5 Å². The van der Waals surface area contributed by atoms with Crippen LogP contribution in [0.5, 0.6) is 0 Å². The molecule has 0 spiro atoms. The van der Waals surface area contributed by atoms with Gasteiger partial charge in [-0.2, -0.15) is 0 Å². The van der Waals surface area contributed by atoms with Gasteiger partial charge in [0.2, 0.25) is 15.9 Å². The number of thioether (sulfide) groups is 1. The van der Waals surface area contributed by atoms with Crippen molar-refractivity contribution in [3.8, 4) is 11.5 Å². The van der Waals surface area contributed by atoms with Crippen molar-refractivity contribution in [3.63, 3.8) is 0 Å². The van der Waals surface area contributed by atoms with Gasteiger partial charge >= 0.3 is 0 Å². The Morgan fingerprint density at radius 3 is 2.76 bits per heavy atom. The van der Waals surface area contributed by atoms with Crippen molar-refractivity contribution in [2.24, 2.45) is 5.73 Å². The predicted molar refractivity (Wildman–Crippen MR) is 132 cm³/mol. The number of nitrogens with zero attached hydrogens (tertiary/aromatic N) is 3. The lowest BCUT2D eigenvalue weighted by Crippen LogP contribution is -2.39. The monoisotopic (exact) mass is 485 g/mol. The molecule has 1 saturated carbocycles. The van der Waals surface area contributed by atoms with Gasteiger partial charge in [0.05, 0.1) is 11.0 Å². The SMILES string of the molecule is C/C=C(\SC)S(=O)(=O)NC1CCCC(n2c(-c3ccccn3)nc3cc(C(N)=O)ccc32)C1.